The van der Waals surface area contributed by atoms with Gasteiger partial charge in [0, 0.05) is 88.6 Å². The summed E-state index contributed by atoms with van der Waals surface area (Å²) in [5.41, 5.74) is 6.86. The zero-order chi connectivity index (χ0) is 56.3. The Labute approximate surface area is 510 Å². The van der Waals surface area contributed by atoms with Crippen molar-refractivity contribution in [2.24, 2.45) is 20.0 Å². The standard InChI is InChI=1S/2C32H30Cl4N4/c2*33-23-9-5-13-27(19-23)37-31(38-28-14-6-10-24(34)20-28)17-3-1-2-4-18-32(39-29-15-7-11-25(35)21-29)40-30-16-8-12-26(36)22-30/h2*5-16,19-22H,1-4,17-18H2,(H,37,38)(H,39,40). The van der Waals surface area contributed by atoms with Gasteiger partial charge < -0.3 is 21.3 Å². The van der Waals surface area contributed by atoms with E-state index in [0.717, 1.165) is 146 Å². The highest BCUT2D eigenvalue weighted by atomic mass is 35.5. The number of rotatable bonds is 22. The Morgan fingerprint density at radius 2 is 0.425 bits per heavy atom. The van der Waals surface area contributed by atoms with Gasteiger partial charge in [0.25, 0.3) is 0 Å². The van der Waals surface area contributed by atoms with Gasteiger partial charge in [0.15, 0.2) is 0 Å². The molecule has 0 amide bonds. The fourth-order valence-corrected chi connectivity index (χ4v) is 9.70. The molecule has 0 saturated heterocycles. The van der Waals surface area contributed by atoms with Gasteiger partial charge in [-0.05, 0) is 171 Å². The zero-order valence-corrected chi connectivity index (χ0v) is 49.8. The number of halogens is 8. The Morgan fingerprint density at radius 1 is 0.237 bits per heavy atom. The molecule has 0 atom stereocenters. The van der Waals surface area contributed by atoms with Crippen LogP contribution in [0.25, 0.3) is 0 Å². The quantitative estimate of drug-likeness (QED) is 0.0309. The van der Waals surface area contributed by atoms with Crippen molar-refractivity contribution in [2.45, 2.75) is 77.0 Å². The Bertz CT molecular complexity index is 2940. The second-order valence-corrected chi connectivity index (χ2v) is 22.0. The van der Waals surface area contributed by atoms with Crippen LogP contribution in [0.5, 0.6) is 0 Å². The first-order valence-corrected chi connectivity index (χ1v) is 29.3. The molecule has 4 N–H and O–H groups in total. The highest BCUT2D eigenvalue weighted by Crippen LogP contribution is 2.27. The number of nitrogens with one attached hydrogen (secondary N) is 4. The molecule has 16 heteroatoms. The van der Waals surface area contributed by atoms with Crippen LogP contribution in [0.1, 0.15) is 77.0 Å². The van der Waals surface area contributed by atoms with Crippen LogP contribution in [0.15, 0.2) is 214 Å². The van der Waals surface area contributed by atoms with Crippen LogP contribution in [0.2, 0.25) is 40.2 Å². The van der Waals surface area contributed by atoms with E-state index < -0.39 is 0 Å². The number of nitrogens with zero attached hydrogens (tertiary/aromatic N) is 4. The van der Waals surface area contributed by atoms with E-state index in [9.17, 15) is 0 Å². The first-order chi connectivity index (χ1) is 38.8. The smallest absolute Gasteiger partial charge is 0.107 e. The topological polar surface area (TPSA) is 97.6 Å². The van der Waals surface area contributed by atoms with Crippen molar-refractivity contribution < 1.29 is 0 Å². The van der Waals surface area contributed by atoms with Crippen molar-refractivity contribution in [3.63, 3.8) is 0 Å². The lowest BCUT2D eigenvalue weighted by molar-refractivity contribution is 0.666. The zero-order valence-electron chi connectivity index (χ0n) is 43.8. The van der Waals surface area contributed by atoms with Crippen molar-refractivity contribution in [1.82, 2.24) is 0 Å². The molecule has 8 nitrogen and oxygen atoms in total. The molecule has 8 aromatic carbocycles. The van der Waals surface area contributed by atoms with Crippen molar-refractivity contribution >= 4 is 162 Å². The number of benzene rings is 8. The second-order valence-electron chi connectivity index (χ2n) is 18.5. The third kappa shape index (κ3) is 23.6. The fraction of sp³-hybridized carbons (Fsp3) is 0.188. The highest BCUT2D eigenvalue weighted by Gasteiger charge is 2.09. The molecule has 0 aromatic heterocycles. The van der Waals surface area contributed by atoms with Crippen LogP contribution in [0.4, 0.5) is 45.5 Å². The van der Waals surface area contributed by atoms with Crippen LogP contribution in [0.3, 0.4) is 0 Å². The molecule has 0 aliphatic heterocycles. The van der Waals surface area contributed by atoms with E-state index in [1.165, 1.54) is 0 Å². The summed E-state index contributed by atoms with van der Waals surface area (Å²) in [6, 6.07) is 60.7. The molecule has 0 radical (unpaired) electrons. The number of hydrogen-bond donors (Lipinski definition) is 4. The predicted molar refractivity (Wildman–Crippen MR) is 350 cm³/mol. The van der Waals surface area contributed by atoms with Crippen LogP contribution in [-0.4, -0.2) is 23.3 Å². The Hall–Kier alpha value is -6.04. The molecule has 0 aliphatic rings. The number of unbranched alkanes of at least 4 members (excludes halogenated alkanes) is 6. The summed E-state index contributed by atoms with van der Waals surface area (Å²) in [7, 11) is 0. The summed E-state index contributed by atoms with van der Waals surface area (Å²) in [5.74, 6) is 3.48. The van der Waals surface area contributed by atoms with Gasteiger partial charge in [-0.2, -0.15) is 0 Å². The maximum atomic E-state index is 6.19. The fourth-order valence-electron chi connectivity index (χ4n) is 8.20. The largest absolute Gasteiger partial charge is 0.344 e. The van der Waals surface area contributed by atoms with Gasteiger partial charge >= 0.3 is 0 Å². The summed E-state index contributed by atoms with van der Waals surface area (Å²) in [6.07, 6.45) is 11.3. The third-order valence-electron chi connectivity index (χ3n) is 11.9. The Balaban J connectivity index is 0.000000231. The third-order valence-corrected chi connectivity index (χ3v) is 13.8. The summed E-state index contributed by atoms with van der Waals surface area (Å²) in [4.78, 5) is 19.3. The molecule has 0 fully saturated rings. The number of amidine groups is 4. The lowest BCUT2D eigenvalue weighted by Gasteiger charge is -2.12. The SMILES string of the molecule is Clc1cccc(N=C(CCCCCCC(=Nc2cccc(Cl)c2)Nc2cccc(Cl)c2)Nc2cccc(Cl)c2)c1.Clc1cccc(N=C(CCCCCCC(=Nc2cccc(Cl)c2)Nc2cccc(Cl)c2)Nc2cccc(Cl)c2)c1. The molecule has 0 unspecified atom stereocenters. The molecule has 0 aliphatic carbocycles. The lowest BCUT2D eigenvalue weighted by Crippen LogP contribution is -2.12. The average Bonchev–Trinajstić information content (AvgIpc) is 3.41. The first-order valence-electron chi connectivity index (χ1n) is 26.3. The average molecular weight is 1220 g/mol. The maximum absolute atomic E-state index is 6.19. The Kier molecular flexibility index (Phi) is 25.9. The Morgan fingerprint density at radius 3 is 0.613 bits per heavy atom. The van der Waals surface area contributed by atoms with Crippen LogP contribution in [0, 0.1) is 0 Å². The van der Waals surface area contributed by atoms with E-state index in [1.807, 2.05) is 194 Å². The van der Waals surface area contributed by atoms with Crippen molar-refractivity contribution in [1.29, 1.82) is 0 Å². The molecule has 0 saturated carbocycles. The molecule has 8 aromatic rings. The van der Waals surface area contributed by atoms with Gasteiger partial charge in [-0.15, -0.1) is 0 Å². The monoisotopic (exact) mass is 1220 g/mol. The van der Waals surface area contributed by atoms with E-state index in [1.54, 1.807) is 0 Å². The minimum absolute atomic E-state index is 0.657. The van der Waals surface area contributed by atoms with Gasteiger partial charge in [0.1, 0.15) is 23.3 Å². The second kappa shape index (κ2) is 33.6. The molecule has 0 bridgehead atoms. The normalized spacial score (nSPS) is 11.9. The van der Waals surface area contributed by atoms with E-state index in [-0.39, 0.29) is 0 Å². The van der Waals surface area contributed by atoms with E-state index >= 15 is 0 Å². The van der Waals surface area contributed by atoms with E-state index in [0.29, 0.717) is 40.2 Å². The molecule has 8 rings (SSSR count). The molecule has 0 spiro atoms. The summed E-state index contributed by atoms with van der Waals surface area (Å²) in [6.45, 7) is 0. The van der Waals surface area contributed by atoms with Gasteiger partial charge in [0.2, 0.25) is 0 Å². The number of hydrogen-bond acceptors (Lipinski definition) is 4. The van der Waals surface area contributed by atoms with Crippen molar-refractivity contribution in [2.75, 3.05) is 21.3 Å². The molecule has 0 heterocycles. The molecule has 80 heavy (non-hydrogen) atoms. The minimum atomic E-state index is 0.657. The van der Waals surface area contributed by atoms with Gasteiger partial charge in [-0.3, -0.25) is 0 Å². The molecular formula is C64H60Cl8N8. The van der Waals surface area contributed by atoms with Crippen LogP contribution >= 0.6 is 92.8 Å². The molecule has 412 valence electrons. The number of aliphatic imine (C=N–C) groups is 4. The molecular weight excluding hydrogens is 1160 g/mol. The van der Waals surface area contributed by atoms with Crippen LogP contribution in [-0.2, 0) is 0 Å². The van der Waals surface area contributed by atoms with Gasteiger partial charge in [-0.25, -0.2) is 20.0 Å². The van der Waals surface area contributed by atoms with Crippen molar-refractivity contribution in [3.05, 3.63) is 234 Å². The minimum Gasteiger partial charge on any atom is -0.344 e. The summed E-state index contributed by atoms with van der Waals surface area (Å²) in [5, 5.41) is 19.1. The first kappa shape index (κ1) is 61.6. The van der Waals surface area contributed by atoms with Crippen molar-refractivity contribution in [3.8, 4) is 0 Å². The summed E-state index contributed by atoms with van der Waals surface area (Å²) >= 11 is 49.5. The van der Waals surface area contributed by atoms with Gasteiger partial charge in [-0.1, -0.05) is 167 Å². The highest BCUT2D eigenvalue weighted by molar-refractivity contribution is 6.33. The number of anilines is 4. The maximum Gasteiger partial charge on any atom is 0.107 e. The predicted octanol–water partition coefficient (Wildman–Crippen LogP) is 23.3. The summed E-state index contributed by atoms with van der Waals surface area (Å²) < 4.78 is 0. The van der Waals surface area contributed by atoms with Crippen LogP contribution < -0.4 is 21.3 Å². The lowest BCUT2D eigenvalue weighted by atomic mass is 10.1. The van der Waals surface area contributed by atoms with Gasteiger partial charge in [0.05, 0.1) is 22.7 Å². The van der Waals surface area contributed by atoms with E-state index in [2.05, 4.69) is 21.3 Å². The van der Waals surface area contributed by atoms with E-state index in [4.69, 9.17) is 113 Å².